The van der Waals surface area contributed by atoms with Crippen LogP contribution < -0.4 is 10.9 Å². The molecule has 0 bridgehead atoms. The molecule has 0 spiro atoms. The van der Waals surface area contributed by atoms with Crippen LogP contribution in [-0.4, -0.2) is 25.5 Å². The largest absolute Gasteiger partial charge is 0.347 e. The van der Waals surface area contributed by atoms with E-state index in [1.165, 1.54) is 0 Å². The lowest BCUT2D eigenvalue weighted by Crippen LogP contribution is -2.34. The molecule has 2 aromatic heterocycles. The van der Waals surface area contributed by atoms with Gasteiger partial charge in [0.05, 0.1) is 16.6 Å². The number of hydrogen-bond donors (Lipinski definition) is 1. The second-order valence-electron chi connectivity index (χ2n) is 7.62. The standard InChI is InChI=1S/C22H23N5O2/c1-14(2)13-26-12-11-16-18(9-6-10-20(16)26)23-21(28)15(3)27-22(29)17-7-4-5-8-19(17)24-25-27/h4-12,14-15H,13H2,1-3H3,(H,23,28). The van der Waals surface area contributed by atoms with Crippen LogP contribution in [0, 0.1) is 5.92 Å². The number of carbonyl (C=O) groups excluding carboxylic acids is 1. The molecule has 2 aromatic carbocycles. The summed E-state index contributed by atoms with van der Waals surface area (Å²) in [5.41, 5.74) is 1.95. The van der Waals surface area contributed by atoms with Gasteiger partial charge < -0.3 is 9.88 Å². The Bertz CT molecular complexity index is 1260. The second kappa shape index (κ2) is 7.50. The smallest absolute Gasteiger partial charge is 0.278 e. The summed E-state index contributed by atoms with van der Waals surface area (Å²) in [5, 5.41) is 12.4. The summed E-state index contributed by atoms with van der Waals surface area (Å²) in [4.78, 5) is 25.6. The Morgan fingerprint density at radius 2 is 1.83 bits per heavy atom. The molecule has 0 aliphatic rings. The molecule has 0 saturated carbocycles. The summed E-state index contributed by atoms with van der Waals surface area (Å²) in [6, 6.07) is 14.0. The van der Waals surface area contributed by atoms with Crippen LogP contribution in [0.2, 0.25) is 0 Å². The van der Waals surface area contributed by atoms with Gasteiger partial charge in [-0.1, -0.05) is 37.3 Å². The summed E-state index contributed by atoms with van der Waals surface area (Å²) in [7, 11) is 0. The van der Waals surface area contributed by atoms with E-state index in [0.29, 0.717) is 22.5 Å². The molecule has 1 N–H and O–H groups in total. The van der Waals surface area contributed by atoms with Gasteiger partial charge in [0.15, 0.2) is 0 Å². The Morgan fingerprint density at radius 3 is 2.62 bits per heavy atom. The first-order valence-electron chi connectivity index (χ1n) is 9.68. The predicted molar refractivity (Wildman–Crippen MR) is 114 cm³/mol. The molecule has 0 fully saturated rings. The minimum Gasteiger partial charge on any atom is -0.347 e. The van der Waals surface area contributed by atoms with E-state index in [1.54, 1.807) is 31.2 Å². The van der Waals surface area contributed by atoms with Crippen LogP contribution in [0.25, 0.3) is 21.8 Å². The zero-order chi connectivity index (χ0) is 20.5. The molecule has 1 unspecified atom stereocenters. The van der Waals surface area contributed by atoms with E-state index in [1.807, 2.05) is 30.5 Å². The van der Waals surface area contributed by atoms with Gasteiger partial charge in [0.1, 0.15) is 11.6 Å². The summed E-state index contributed by atoms with van der Waals surface area (Å²) in [6.07, 6.45) is 2.03. The van der Waals surface area contributed by atoms with Crippen molar-refractivity contribution < 1.29 is 4.79 Å². The molecular formula is C22H23N5O2. The fraction of sp³-hybridized carbons (Fsp3) is 0.273. The van der Waals surface area contributed by atoms with E-state index in [9.17, 15) is 9.59 Å². The van der Waals surface area contributed by atoms with Crippen LogP contribution in [0.3, 0.4) is 0 Å². The molecule has 4 aromatic rings. The molecule has 0 radical (unpaired) electrons. The molecule has 2 heterocycles. The highest BCUT2D eigenvalue weighted by molar-refractivity contribution is 6.02. The van der Waals surface area contributed by atoms with Gasteiger partial charge >= 0.3 is 0 Å². The van der Waals surface area contributed by atoms with E-state index in [0.717, 1.165) is 22.1 Å². The first kappa shape index (κ1) is 18.9. The number of hydrogen-bond acceptors (Lipinski definition) is 4. The van der Waals surface area contributed by atoms with Gasteiger partial charge in [-0.2, -0.15) is 4.68 Å². The third kappa shape index (κ3) is 3.51. The van der Waals surface area contributed by atoms with Gasteiger partial charge in [-0.05, 0) is 43.2 Å². The van der Waals surface area contributed by atoms with Gasteiger partial charge in [0.25, 0.3) is 5.56 Å². The second-order valence-corrected chi connectivity index (χ2v) is 7.62. The SMILES string of the molecule is CC(C)Cn1ccc2c(NC(=O)C(C)n3nnc4ccccc4c3=O)cccc21. The maximum Gasteiger partial charge on any atom is 0.278 e. The Labute approximate surface area is 168 Å². The van der Waals surface area contributed by atoms with Crippen LogP contribution >= 0.6 is 0 Å². The first-order valence-corrected chi connectivity index (χ1v) is 9.68. The number of anilines is 1. The molecule has 29 heavy (non-hydrogen) atoms. The zero-order valence-corrected chi connectivity index (χ0v) is 16.7. The fourth-order valence-corrected chi connectivity index (χ4v) is 3.49. The highest BCUT2D eigenvalue weighted by Crippen LogP contribution is 2.26. The average molecular weight is 389 g/mol. The molecule has 0 saturated heterocycles. The molecular weight excluding hydrogens is 366 g/mol. The van der Waals surface area contributed by atoms with E-state index in [4.69, 9.17) is 0 Å². The molecule has 4 rings (SSSR count). The average Bonchev–Trinajstić information content (AvgIpc) is 3.11. The Hall–Kier alpha value is -3.48. The van der Waals surface area contributed by atoms with Crippen molar-refractivity contribution in [3.05, 3.63) is 65.1 Å². The third-order valence-electron chi connectivity index (χ3n) is 4.97. The molecule has 1 amide bonds. The van der Waals surface area contributed by atoms with Gasteiger partial charge in [-0.15, -0.1) is 5.10 Å². The van der Waals surface area contributed by atoms with Crippen LogP contribution in [0.4, 0.5) is 5.69 Å². The maximum atomic E-state index is 12.9. The van der Waals surface area contributed by atoms with E-state index < -0.39 is 6.04 Å². The van der Waals surface area contributed by atoms with Crippen molar-refractivity contribution in [1.29, 1.82) is 0 Å². The molecule has 7 heteroatoms. The molecule has 1 atom stereocenters. The number of amides is 1. The van der Waals surface area contributed by atoms with Gasteiger partial charge in [0.2, 0.25) is 5.91 Å². The lowest BCUT2D eigenvalue weighted by molar-refractivity contribution is -0.119. The Kier molecular flexibility index (Phi) is 4.88. The van der Waals surface area contributed by atoms with E-state index in [2.05, 4.69) is 34.0 Å². The molecule has 0 aliphatic heterocycles. The van der Waals surface area contributed by atoms with Crippen molar-refractivity contribution in [3.63, 3.8) is 0 Å². The number of aromatic nitrogens is 4. The topological polar surface area (TPSA) is 81.8 Å². The van der Waals surface area contributed by atoms with Crippen LogP contribution in [-0.2, 0) is 11.3 Å². The summed E-state index contributed by atoms with van der Waals surface area (Å²) in [6.45, 7) is 6.88. The highest BCUT2D eigenvalue weighted by Gasteiger charge is 2.20. The number of benzene rings is 2. The third-order valence-corrected chi connectivity index (χ3v) is 4.97. The normalized spacial score (nSPS) is 12.6. The monoisotopic (exact) mass is 389 g/mol. The highest BCUT2D eigenvalue weighted by atomic mass is 16.2. The van der Waals surface area contributed by atoms with Gasteiger partial charge in [0, 0.05) is 18.1 Å². The van der Waals surface area contributed by atoms with Crippen molar-refractivity contribution in [2.45, 2.75) is 33.4 Å². The maximum absolute atomic E-state index is 12.9. The Balaban J connectivity index is 1.64. The van der Waals surface area contributed by atoms with Crippen molar-refractivity contribution in [3.8, 4) is 0 Å². The molecule has 148 valence electrons. The van der Waals surface area contributed by atoms with E-state index in [-0.39, 0.29) is 11.5 Å². The predicted octanol–water partition coefficient (Wildman–Crippen LogP) is 3.60. The fourth-order valence-electron chi connectivity index (χ4n) is 3.49. The number of nitrogens with zero attached hydrogens (tertiary/aromatic N) is 4. The van der Waals surface area contributed by atoms with E-state index >= 15 is 0 Å². The Morgan fingerprint density at radius 1 is 1.03 bits per heavy atom. The molecule has 7 nitrogen and oxygen atoms in total. The summed E-state index contributed by atoms with van der Waals surface area (Å²) >= 11 is 0. The van der Waals surface area contributed by atoms with Crippen LogP contribution in [0.5, 0.6) is 0 Å². The minimum atomic E-state index is -0.799. The van der Waals surface area contributed by atoms with Crippen molar-refractivity contribution in [1.82, 2.24) is 19.6 Å². The number of carbonyl (C=O) groups is 1. The lowest BCUT2D eigenvalue weighted by atomic mass is 10.2. The quantitative estimate of drug-likeness (QED) is 0.565. The lowest BCUT2D eigenvalue weighted by Gasteiger charge is -2.15. The van der Waals surface area contributed by atoms with Crippen molar-refractivity contribution in [2.75, 3.05) is 5.32 Å². The number of nitrogens with one attached hydrogen (secondary N) is 1. The zero-order valence-electron chi connectivity index (χ0n) is 16.7. The summed E-state index contributed by atoms with van der Waals surface area (Å²) < 4.78 is 3.31. The van der Waals surface area contributed by atoms with Crippen molar-refractivity contribution >= 4 is 33.4 Å². The molecule has 0 aliphatic carbocycles. The van der Waals surface area contributed by atoms with Crippen LogP contribution in [0.1, 0.15) is 26.8 Å². The number of rotatable bonds is 5. The number of fused-ring (bicyclic) bond motifs is 2. The van der Waals surface area contributed by atoms with Gasteiger partial charge in [-0.25, -0.2) is 0 Å². The van der Waals surface area contributed by atoms with Gasteiger partial charge in [-0.3, -0.25) is 9.59 Å². The first-order chi connectivity index (χ1) is 14.0. The van der Waals surface area contributed by atoms with Crippen LogP contribution in [0.15, 0.2) is 59.5 Å². The van der Waals surface area contributed by atoms with Crippen molar-refractivity contribution in [2.24, 2.45) is 5.92 Å². The minimum absolute atomic E-state index is 0.319. The summed E-state index contributed by atoms with van der Waals surface area (Å²) in [5.74, 6) is 0.197.